The summed E-state index contributed by atoms with van der Waals surface area (Å²) in [5, 5.41) is 4.64. The Hall–Kier alpha value is -1.33. The van der Waals surface area contributed by atoms with E-state index in [0.717, 1.165) is 0 Å². The molecule has 4 nitrogen and oxygen atoms in total. The Bertz CT molecular complexity index is 670. The second-order valence-electron chi connectivity index (χ2n) is 4.72. The molecule has 1 heterocycles. The fraction of sp³-hybridized carbons (Fsp3) is 0.286. The van der Waals surface area contributed by atoms with Crippen molar-refractivity contribution < 1.29 is 4.74 Å². The molecule has 0 amide bonds. The smallest absolute Gasteiger partial charge is 0.314 e. The number of ether oxygens (including phenoxy) is 1. The molecular formula is C14H14BrClN2O2. The zero-order chi connectivity index (χ0) is 14.7. The molecule has 0 spiro atoms. The van der Waals surface area contributed by atoms with Crippen molar-refractivity contribution >= 4 is 27.5 Å². The molecule has 0 unspecified atom stereocenters. The molecule has 0 saturated heterocycles. The van der Waals surface area contributed by atoms with E-state index in [-0.39, 0.29) is 11.3 Å². The van der Waals surface area contributed by atoms with Gasteiger partial charge in [-0.05, 0) is 40.0 Å². The van der Waals surface area contributed by atoms with Crippen molar-refractivity contribution in [2.45, 2.75) is 13.8 Å². The number of halogens is 2. The molecular weight excluding hydrogens is 344 g/mol. The predicted molar refractivity (Wildman–Crippen MR) is 82.9 cm³/mol. The van der Waals surface area contributed by atoms with E-state index in [4.69, 9.17) is 16.3 Å². The molecule has 0 bridgehead atoms. The summed E-state index contributed by atoms with van der Waals surface area (Å²) >= 11 is 9.23. The average Bonchev–Trinajstić information content (AvgIpc) is 2.38. The van der Waals surface area contributed by atoms with Crippen molar-refractivity contribution in [3.63, 3.8) is 0 Å². The van der Waals surface area contributed by atoms with Gasteiger partial charge in [-0.25, -0.2) is 0 Å². The Kier molecular flexibility index (Phi) is 4.83. The first-order valence-corrected chi connectivity index (χ1v) is 7.32. The van der Waals surface area contributed by atoms with Crippen LogP contribution in [0.15, 0.2) is 39.7 Å². The maximum Gasteiger partial charge on any atom is 0.314 e. The summed E-state index contributed by atoms with van der Waals surface area (Å²) < 4.78 is 7.38. The van der Waals surface area contributed by atoms with Crippen molar-refractivity contribution in [2.75, 3.05) is 6.61 Å². The topological polar surface area (TPSA) is 44.1 Å². The van der Waals surface area contributed by atoms with E-state index < -0.39 is 0 Å². The molecule has 0 atom stereocenters. The minimum absolute atomic E-state index is 0.258. The van der Waals surface area contributed by atoms with Gasteiger partial charge in [-0.1, -0.05) is 31.5 Å². The molecule has 2 rings (SSSR count). The molecule has 6 heteroatoms. The third-order valence-corrected chi connectivity index (χ3v) is 3.30. The van der Waals surface area contributed by atoms with Gasteiger partial charge in [0.15, 0.2) is 0 Å². The Morgan fingerprint density at radius 2 is 2.20 bits per heavy atom. The number of nitrogens with zero attached hydrogens (tertiary/aromatic N) is 2. The quantitative estimate of drug-likeness (QED) is 0.838. The van der Waals surface area contributed by atoms with Gasteiger partial charge in [0.2, 0.25) is 5.75 Å². The highest BCUT2D eigenvalue weighted by Crippen LogP contribution is 2.21. The monoisotopic (exact) mass is 356 g/mol. The van der Waals surface area contributed by atoms with Gasteiger partial charge in [0.05, 0.1) is 23.0 Å². The second-order valence-corrected chi connectivity index (χ2v) is 6.01. The van der Waals surface area contributed by atoms with Gasteiger partial charge in [0.1, 0.15) is 0 Å². The van der Waals surface area contributed by atoms with Crippen LogP contribution in [0.3, 0.4) is 0 Å². The minimum atomic E-state index is -0.317. The van der Waals surface area contributed by atoms with E-state index in [1.165, 1.54) is 10.9 Å². The lowest BCUT2D eigenvalue weighted by Crippen LogP contribution is -2.24. The lowest BCUT2D eigenvalue weighted by molar-refractivity contribution is 0.264. The lowest BCUT2D eigenvalue weighted by Gasteiger charge is -2.11. The molecule has 0 saturated carbocycles. The summed E-state index contributed by atoms with van der Waals surface area (Å²) in [4.78, 5) is 12.4. The van der Waals surface area contributed by atoms with E-state index in [2.05, 4.69) is 21.0 Å². The first-order chi connectivity index (χ1) is 9.49. The second kappa shape index (κ2) is 6.41. The Balaban J connectivity index is 2.46. The molecule has 1 aromatic carbocycles. The van der Waals surface area contributed by atoms with Crippen molar-refractivity contribution in [3.05, 3.63) is 50.3 Å². The van der Waals surface area contributed by atoms with Crippen LogP contribution in [0.25, 0.3) is 5.69 Å². The van der Waals surface area contributed by atoms with Crippen LogP contribution in [-0.4, -0.2) is 16.4 Å². The zero-order valence-corrected chi connectivity index (χ0v) is 13.5. The first kappa shape index (κ1) is 15.1. The molecule has 0 aliphatic rings. The number of hydrogen-bond acceptors (Lipinski definition) is 3. The van der Waals surface area contributed by atoms with Crippen LogP contribution in [0.1, 0.15) is 13.8 Å². The van der Waals surface area contributed by atoms with Crippen molar-refractivity contribution in [1.82, 2.24) is 9.78 Å². The van der Waals surface area contributed by atoms with E-state index in [9.17, 15) is 4.79 Å². The van der Waals surface area contributed by atoms with Gasteiger partial charge < -0.3 is 4.74 Å². The predicted octanol–water partition coefficient (Wildman–Crippen LogP) is 3.68. The summed E-state index contributed by atoms with van der Waals surface area (Å²) in [6.45, 7) is 4.50. The number of rotatable bonds is 4. The standard InChI is InChI=1S/C14H14BrClN2O2/c1-9(2)8-20-13-12(15)7-17-18(14(13)19)11-5-3-4-10(16)6-11/h3-7,9H,8H2,1-2H3. The Morgan fingerprint density at radius 1 is 1.45 bits per heavy atom. The van der Waals surface area contributed by atoms with Crippen LogP contribution >= 0.6 is 27.5 Å². The fourth-order valence-electron chi connectivity index (χ4n) is 1.59. The van der Waals surface area contributed by atoms with Gasteiger partial charge in [-0.15, -0.1) is 0 Å². The molecule has 20 heavy (non-hydrogen) atoms. The highest BCUT2D eigenvalue weighted by Gasteiger charge is 2.13. The summed E-state index contributed by atoms with van der Waals surface area (Å²) in [5.74, 6) is 0.586. The molecule has 0 aliphatic heterocycles. The van der Waals surface area contributed by atoms with Crippen molar-refractivity contribution in [3.8, 4) is 11.4 Å². The molecule has 0 aliphatic carbocycles. The Labute approximate surface area is 130 Å². The molecule has 2 aromatic rings. The van der Waals surface area contributed by atoms with Crippen molar-refractivity contribution in [2.24, 2.45) is 5.92 Å². The van der Waals surface area contributed by atoms with Crippen LogP contribution in [0, 0.1) is 5.92 Å². The summed E-state index contributed by atoms with van der Waals surface area (Å²) in [7, 11) is 0. The first-order valence-electron chi connectivity index (χ1n) is 6.15. The molecule has 1 aromatic heterocycles. The highest BCUT2D eigenvalue weighted by atomic mass is 79.9. The third-order valence-electron chi connectivity index (χ3n) is 2.50. The maximum absolute atomic E-state index is 12.4. The normalized spacial score (nSPS) is 10.8. The Morgan fingerprint density at radius 3 is 2.85 bits per heavy atom. The number of hydrogen-bond donors (Lipinski definition) is 0. The van der Waals surface area contributed by atoms with Gasteiger partial charge in [-0.2, -0.15) is 9.78 Å². The summed E-state index contributed by atoms with van der Waals surface area (Å²) in [5.41, 5.74) is 0.284. The molecule has 0 N–H and O–H groups in total. The van der Waals surface area contributed by atoms with Gasteiger partial charge >= 0.3 is 5.56 Å². The summed E-state index contributed by atoms with van der Waals surface area (Å²) in [6, 6.07) is 6.95. The third kappa shape index (κ3) is 3.41. The van der Waals surface area contributed by atoms with Gasteiger partial charge in [-0.3, -0.25) is 4.79 Å². The maximum atomic E-state index is 12.4. The lowest BCUT2D eigenvalue weighted by atomic mass is 10.2. The van der Waals surface area contributed by atoms with E-state index in [0.29, 0.717) is 27.7 Å². The van der Waals surface area contributed by atoms with Gasteiger partial charge in [0, 0.05) is 5.02 Å². The van der Waals surface area contributed by atoms with Crippen LogP contribution in [0.2, 0.25) is 5.02 Å². The van der Waals surface area contributed by atoms with Gasteiger partial charge in [0.25, 0.3) is 0 Å². The fourth-order valence-corrected chi connectivity index (χ4v) is 2.15. The minimum Gasteiger partial charge on any atom is -0.487 e. The largest absolute Gasteiger partial charge is 0.487 e. The SMILES string of the molecule is CC(C)COc1c(Br)cnn(-c2cccc(Cl)c2)c1=O. The van der Waals surface area contributed by atoms with E-state index >= 15 is 0 Å². The zero-order valence-electron chi connectivity index (χ0n) is 11.1. The summed E-state index contributed by atoms with van der Waals surface area (Å²) in [6.07, 6.45) is 1.54. The number of aromatic nitrogens is 2. The van der Waals surface area contributed by atoms with Crippen molar-refractivity contribution in [1.29, 1.82) is 0 Å². The van der Waals surface area contributed by atoms with Crippen LogP contribution in [0.5, 0.6) is 5.75 Å². The van der Waals surface area contributed by atoms with E-state index in [1.54, 1.807) is 24.3 Å². The van der Waals surface area contributed by atoms with Crippen LogP contribution in [-0.2, 0) is 0 Å². The molecule has 0 radical (unpaired) electrons. The average molecular weight is 358 g/mol. The highest BCUT2D eigenvalue weighted by molar-refractivity contribution is 9.10. The molecule has 0 fully saturated rings. The van der Waals surface area contributed by atoms with E-state index in [1.807, 2.05) is 13.8 Å². The number of benzene rings is 1. The molecule has 106 valence electrons. The van der Waals surface area contributed by atoms with Crippen LogP contribution < -0.4 is 10.3 Å². The van der Waals surface area contributed by atoms with Crippen LogP contribution in [0.4, 0.5) is 0 Å².